The number of carbonyl (C=O) groups excluding carboxylic acids is 1. The number of hydrogen-bond donors (Lipinski definition) is 4. The Balaban J connectivity index is 3.63. The van der Waals surface area contributed by atoms with Gasteiger partial charge in [-0.1, -0.05) is 263 Å². The van der Waals surface area contributed by atoms with E-state index in [1.54, 1.807) is 6.08 Å². The van der Waals surface area contributed by atoms with E-state index < -0.39 is 24.2 Å². The number of rotatable bonds is 46. The molecule has 0 rings (SSSR count). The van der Waals surface area contributed by atoms with Crippen LogP contribution in [0.5, 0.6) is 0 Å². The molecule has 0 radical (unpaired) electrons. The van der Waals surface area contributed by atoms with E-state index in [-0.39, 0.29) is 6.61 Å². The SMILES string of the molecule is CCCCCCCCCCCCCCCCCCCC/C=C/CC/C=C/C(O)C(CO)NC(=O)C(O)CCCCCCCCCCCCCCCCCCCC. The van der Waals surface area contributed by atoms with Crippen LogP contribution in [0.25, 0.3) is 0 Å². The lowest BCUT2D eigenvalue weighted by Crippen LogP contribution is -2.48. The van der Waals surface area contributed by atoms with E-state index in [2.05, 4.69) is 31.3 Å². The van der Waals surface area contributed by atoms with Crippen molar-refractivity contribution in [1.29, 1.82) is 0 Å². The second kappa shape index (κ2) is 46.5. The lowest BCUT2D eigenvalue weighted by atomic mass is 10.0. The summed E-state index contributed by atoms with van der Waals surface area (Å²) in [4.78, 5) is 12.5. The van der Waals surface area contributed by atoms with Gasteiger partial charge in [0.25, 0.3) is 0 Å². The molecule has 5 nitrogen and oxygen atoms in total. The van der Waals surface area contributed by atoms with Crippen molar-refractivity contribution in [2.24, 2.45) is 0 Å². The molecule has 0 aliphatic rings. The fourth-order valence-corrected chi connectivity index (χ4v) is 7.85. The van der Waals surface area contributed by atoms with Crippen molar-refractivity contribution < 1.29 is 20.1 Å². The maximum atomic E-state index is 12.5. The van der Waals surface area contributed by atoms with E-state index in [4.69, 9.17) is 0 Å². The Morgan fingerprint density at radius 2 is 0.732 bits per heavy atom. The van der Waals surface area contributed by atoms with Crippen LogP contribution in [0.15, 0.2) is 24.3 Å². The Labute approximate surface area is 350 Å². The predicted octanol–water partition coefficient (Wildman–Crippen LogP) is 14.9. The minimum absolute atomic E-state index is 0.373. The van der Waals surface area contributed by atoms with Crippen LogP contribution in [-0.2, 0) is 4.79 Å². The fraction of sp³-hybridized carbons (Fsp3) is 0.902. The van der Waals surface area contributed by atoms with E-state index >= 15 is 0 Å². The zero-order valence-corrected chi connectivity index (χ0v) is 37.8. The highest BCUT2D eigenvalue weighted by atomic mass is 16.3. The number of hydrogen-bond acceptors (Lipinski definition) is 4. The van der Waals surface area contributed by atoms with Gasteiger partial charge >= 0.3 is 0 Å². The minimum Gasteiger partial charge on any atom is -0.394 e. The van der Waals surface area contributed by atoms with Crippen LogP contribution in [-0.4, -0.2) is 46.1 Å². The number of unbranched alkanes of at least 4 members (excludes halogenated alkanes) is 36. The Bertz CT molecular complexity index is 829. The van der Waals surface area contributed by atoms with Gasteiger partial charge in [-0.2, -0.15) is 0 Å². The average Bonchev–Trinajstić information content (AvgIpc) is 3.20. The van der Waals surface area contributed by atoms with Crippen LogP contribution in [0.1, 0.15) is 271 Å². The summed E-state index contributed by atoms with van der Waals surface area (Å²) in [7, 11) is 0. The van der Waals surface area contributed by atoms with Gasteiger partial charge in [0.1, 0.15) is 6.10 Å². The van der Waals surface area contributed by atoms with E-state index in [9.17, 15) is 20.1 Å². The standard InChI is InChI=1S/C51H99NO4/c1-3-5-7-9-11-13-15-17-19-21-23-24-25-26-27-28-30-31-33-35-37-39-41-43-45-49(54)48(47-53)52-51(56)50(55)46-44-42-40-38-36-34-32-29-22-20-18-16-14-12-10-8-6-4-2/h35,37,43,45,48-50,53-55H,3-34,36,38-42,44,46-47H2,1-2H3,(H,52,56)/b37-35+,45-43+. The Kier molecular flexibility index (Phi) is 45.5. The molecule has 0 heterocycles. The van der Waals surface area contributed by atoms with Crippen LogP contribution in [0.2, 0.25) is 0 Å². The molecule has 0 saturated carbocycles. The predicted molar refractivity (Wildman–Crippen MR) is 245 cm³/mol. The van der Waals surface area contributed by atoms with Crippen LogP contribution >= 0.6 is 0 Å². The molecule has 0 spiro atoms. The first kappa shape index (κ1) is 54.8. The van der Waals surface area contributed by atoms with Crippen molar-refractivity contribution in [1.82, 2.24) is 5.32 Å². The van der Waals surface area contributed by atoms with Crippen molar-refractivity contribution in [3.63, 3.8) is 0 Å². The van der Waals surface area contributed by atoms with Gasteiger partial charge in [-0.3, -0.25) is 4.79 Å². The summed E-state index contributed by atoms with van der Waals surface area (Å²) in [5, 5.41) is 33.2. The Morgan fingerprint density at radius 3 is 1.09 bits per heavy atom. The molecule has 0 aromatic carbocycles. The van der Waals surface area contributed by atoms with Crippen LogP contribution < -0.4 is 5.32 Å². The molecule has 0 aromatic heterocycles. The maximum Gasteiger partial charge on any atom is 0.249 e. The summed E-state index contributed by atoms with van der Waals surface area (Å²) in [6.07, 6.45) is 58.1. The molecular formula is C51H99NO4. The van der Waals surface area contributed by atoms with Gasteiger partial charge in [0, 0.05) is 0 Å². The van der Waals surface area contributed by atoms with Gasteiger partial charge in [0.05, 0.1) is 18.8 Å². The third-order valence-corrected chi connectivity index (χ3v) is 11.8. The number of allylic oxidation sites excluding steroid dienone is 3. The summed E-state index contributed by atoms with van der Waals surface area (Å²) < 4.78 is 0. The maximum absolute atomic E-state index is 12.5. The number of carbonyl (C=O) groups is 1. The molecule has 1 amide bonds. The second-order valence-corrected chi connectivity index (χ2v) is 17.4. The molecule has 56 heavy (non-hydrogen) atoms. The Hall–Kier alpha value is -1.17. The minimum atomic E-state index is -1.10. The monoisotopic (exact) mass is 790 g/mol. The molecule has 3 atom stereocenters. The van der Waals surface area contributed by atoms with Gasteiger partial charge in [0.15, 0.2) is 0 Å². The van der Waals surface area contributed by atoms with Crippen molar-refractivity contribution in [2.45, 2.75) is 289 Å². The summed E-state index contributed by atoms with van der Waals surface area (Å²) in [5.74, 6) is -0.508. The first-order chi connectivity index (χ1) is 27.6. The molecule has 4 N–H and O–H groups in total. The highest BCUT2D eigenvalue weighted by Gasteiger charge is 2.22. The van der Waals surface area contributed by atoms with Crippen LogP contribution in [0.3, 0.4) is 0 Å². The number of amides is 1. The molecular weight excluding hydrogens is 691 g/mol. The van der Waals surface area contributed by atoms with Gasteiger partial charge in [-0.25, -0.2) is 0 Å². The molecule has 0 aliphatic heterocycles. The zero-order chi connectivity index (χ0) is 40.8. The van der Waals surface area contributed by atoms with Crippen molar-refractivity contribution >= 4 is 5.91 Å². The van der Waals surface area contributed by atoms with Gasteiger partial charge in [-0.15, -0.1) is 0 Å². The first-order valence-corrected chi connectivity index (χ1v) is 25.2. The quantitative estimate of drug-likeness (QED) is 0.0365. The first-order valence-electron chi connectivity index (χ1n) is 25.2. The van der Waals surface area contributed by atoms with Gasteiger partial charge < -0.3 is 20.6 Å². The zero-order valence-electron chi connectivity index (χ0n) is 37.8. The average molecular weight is 790 g/mol. The molecule has 0 bridgehead atoms. The van der Waals surface area contributed by atoms with Crippen molar-refractivity contribution in [3.8, 4) is 0 Å². The van der Waals surface area contributed by atoms with Gasteiger partial charge in [-0.05, 0) is 32.1 Å². The summed E-state index contributed by atoms with van der Waals surface area (Å²) in [6.45, 7) is 4.20. The summed E-state index contributed by atoms with van der Waals surface area (Å²) >= 11 is 0. The largest absolute Gasteiger partial charge is 0.394 e. The third-order valence-electron chi connectivity index (χ3n) is 11.8. The molecule has 332 valence electrons. The Morgan fingerprint density at radius 1 is 0.429 bits per heavy atom. The second-order valence-electron chi connectivity index (χ2n) is 17.4. The fourth-order valence-electron chi connectivity index (χ4n) is 7.85. The lowest BCUT2D eigenvalue weighted by molar-refractivity contribution is -0.131. The molecule has 3 unspecified atom stereocenters. The van der Waals surface area contributed by atoms with Crippen LogP contribution in [0, 0.1) is 0 Å². The highest BCUT2D eigenvalue weighted by molar-refractivity contribution is 5.80. The van der Waals surface area contributed by atoms with E-state index in [0.29, 0.717) is 6.42 Å². The highest BCUT2D eigenvalue weighted by Crippen LogP contribution is 2.17. The smallest absolute Gasteiger partial charge is 0.249 e. The number of aliphatic hydroxyl groups is 3. The van der Waals surface area contributed by atoms with E-state index in [0.717, 1.165) is 38.5 Å². The van der Waals surface area contributed by atoms with Crippen LogP contribution in [0.4, 0.5) is 0 Å². The normalized spacial score (nSPS) is 13.6. The van der Waals surface area contributed by atoms with Crippen molar-refractivity contribution in [2.75, 3.05) is 6.61 Å². The van der Waals surface area contributed by atoms with E-state index in [1.165, 1.54) is 212 Å². The molecule has 0 saturated heterocycles. The summed E-state index contributed by atoms with van der Waals surface area (Å²) in [5.41, 5.74) is 0. The molecule has 5 heteroatoms. The van der Waals surface area contributed by atoms with Gasteiger partial charge in [0.2, 0.25) is 5.91 Å². The molecule has 0 fully saturated rings. The lowest BCUT2D eigenvalue weighted by Gasteiger charge is -2.21. The number of nitrogens with one attached hydrogen (secondary N) is 1. The number of aliphatic hydroxyl groups excluding tert-OH is 3. The topological polar surface area (TPSA) is 89.8 Å². The third kappa shape index (κ3) is 41.0. The van der Waals surface area contributed by atoms with E-state index in [1.807, 2.05) is 6.08 Å². The van der Waals surface area contributed by atoms with Crippen molar-refractivity contribution in [3.05, 3.63) is 24.3 Å². The molecule has 0 aromatic rings. The summed E-state index contributed by atoms with van der Waals surface area (Å²) in [6, 6.07) is -0.811. The molecule has 0 aliphatic carbocycles.